The Morgan fingerprint density at radius 3 is 2.43 bits per heavy atom. The second-order valence-corrected chi connectivity index (χ2v) is 7.66. The quantitative estimate of drug-likeness (QED) is 0.786. The average molecular weight is 391 g/mol. The Bertz CT molecular complexity index is 689. The molecule has 0 radical (unpaired) electrons. The number of carbonyl (C=O) groups excluding carboxylic acids is 3. The van der Waals surface area contributed by atoms with Crippen LogP contribution in [0.2, 0.25) is 0 Å². The minimum Gasteiger partial charge on any atom is -0.465 e. The second-order valence-electron chi connectivity index (χ2n) is 7.66. The average Bonchev–Trinajstić information content (AvgIpc) is 2.66. The maximum absolute atomic E-state index is 13.1. The van der Waals surface area contributed by atoms with Gasteiger partial charge in [0.1, 0.15) is 6.61 Å². The zero-order valence-corrected chi connectivity index (χ0v) is 16.8. The highest BCUT2D eigenvalue weighted by atomic mass is 16.6. The van der Waals surface area contributed by atoms with E-state index in [-0.39, 0.29) is 18.9 Å². The van der Waals surface area contributed by atoms with Crippen LogP contribution in [0.3, 0.4) is 0 Å². The lowest BCUT2D eigenvalue weighted by atomic mass is 9.96. The number of nitrogens with zero attached hydrogens (tertiary/aromatic N) is 1. The maximum atomic E-state index is 13.1. The van der Waals surface area contributed by atoms with E-state index in [4.69, 9.17) is 9.47 Å². The lowest BCUT2D eigenvalue weighted by Crippen LogP contribution is -2.52. The van der Waals surface area contributed by atoms with Crippen molar-refractivity contribution in [2.45, 2.75) is 51.9 Å². The summed E-state index contributed by atoms with van der Waals surface area (Å²) in [6.45, 7) is 5.01. The van der Waals surface area contributed by atoms with Crippen LogP contribution >= 0.6 is 0 Å². The Morgan fingerprint density at radius 2 is 1.82 bits per heavy atom. The van der Waals surface area contributed by atoms with Crippen molar-refractivity contribution < 1.29 is 29.0 Å². The Hall–Kier alpha value is -2.41. The number of carbonyl (C=O) groups is 3. The maximum Gasteiger partial charge on any atom is 0.312 e. The highest BCUT2D eigenvalue weighted by Gasteiger charge is 2.37. The van der Waals surface area contributed by atoms with E-state index in [0.717, 1.165) is 5.56 Å². The van der Waals surface area contributed by atoms with Crippen LogP contribution < -0.4 is 0 Å². The first-order valence-electron chi connectivity index (χ1n) is 9.55. The van der Waals surface area contributed by atoms with E-state index in [1.54, 1.807) is 27.8 Å². The van der Waals surface area contributed by atoms with Crippen LogP contribution in [0.5, 0.6) is 0 Å². The van der Waals surface area contributed by atoms with Crippen molar-refractivity contribution in [2.75, 3.05) is 13.7 Å². The molecule has 1 saturated heterocycles. The van der Waals surface area contributed by atoms with Gasteiger partial charge in [-0.25, -0.2) is 0 Å². The molecule has 1 heterocycles. The first-order chi connectivity index (χ1) is 13.2. The lowest BCUT2D eigenvalue weighted by Gasteiger charge is -2.35. The number of aliphatic hydroxyl groups excluding tert-OH is 1. The fourth-order valence-corrected chi connectivity index (χ4v) is 3.12. The predicted molar refractivity (Wildman–Crippen MR) is 102 cm³/mol. The van der Waals surface area contributed by atoms with Crippen molar-refractivity contribution in [3.05, 3.63) is 35.9 Å². The molecule has 1 unspecified atom stereocenters. The van der Waals surface area contributed by atoms with Crippen LogP contribution in [0.4, 0.5) is 0 Å². The molecule has 4 atom stereocenters. The van der Waals surface area contributed by atoms with Gasteiger partial charge in [-0.3, -0.25) is 14.4 Å². The van der Waals surface area contributed by atoms with Gasteiger partial charge in [-0.15, -0.1) is 0 Å². The molecule has 1 aliphatic heterocycles. The Kier molecular flexibility index (Phi) is 7.57. The minimum absolute atomic E-state index is 0.150. The number of hydrogen-bond donors (Lipinski definition) is 1. The van der Waals surface area contributed by atoms with Gasteiger partial charge in [-0.05, 0) is 24.8 Å². The van der Waals surface area contributed by atoms with Crippen molar-refractivity contribution in [1.82, 2.24) is 4.90 Å². The molecule has 28 heavy (non-hydrogen) atoms. The normalized spacial score (nSPS) is 27.6. The van der Waals surface area contributed by atoms with Gasteiger partial charge in [0.25, 0.3) is 5.91 Å². The molecule has 0 spiro atoms. The predicted octanol–water partition coefficient (Wildman–Crippen LogP) is 1.57. The van der Waals surface area contributed by atoms with Crippen LogP contribution in [0, 0.1) is 11.8 Å². The number of benzene rings is 1. The fraction of sp³-hybridized carbons (Fsp3) is 0.571. The summed E-state index contributed by atoms with van der Waals surface area (Å²) < 4.78 is 10.6. The van der Waals surface area contributed by atoms with Crippen LogP contribution in [0.25, 0.3) is 0 Å². The first kappa shape index (κ1) is 21.9. The van der Waals surface area contributed by atoms with Crippen LogP contribution in [-0.2, 0) is 30.3 Å². The molecule has 0 bridgehead atoms. The Morgan fingerprint density at radius 1 is 1.18 bits per heavy atom. The van der Waals surface area contributed by atoms with Gasteiger partial charge >= 0.3 is 11.9 Å². The molecule has 1 aromatic carbocycles. The van der Waals surface area contributed by atoms with Crippen LogP contribution in [-0.4, -0.2) is 59.8 Å². The number of amides is 1. The molecule has 1 amide bonds. The summed E-state index contributed by atoms with van der Waals surface area (Å²) in [5.74, 6) is -2.54. The van der Waals surface area contributed by atoms with E-state index < -0.39 is 42.0 Å². The number of likely N-dealkylation sites (N-methyl/N-ethyl adjacent to an activating group) is 1. The van der Waals surface area contributed by atoms with Crippen molar-refractivity contribution in [3.8, 4) is 0 Å². The monoisotopic (exact) mass is 391 g/mol. The summed E-state index contributed by atoms with van der Waals surface area (Å²) >= 11 is 0. The van der Waals surface area contributed by atoms with E-state index >= 15 is 0 Å². The first-order valence-corrected chi connectivity index (χ1v) is 9.55. The largest absolute Gasteiger partial charge is 0.465 e. The molecule has 7 heteroatoms. The van der Waals surface area contributed by atoms with Gasteiger partial charge in [0.05, 0.1) is 24.5 Å². The molecule has 154 valence electrons. The summed E-state index contributed by atoms with van der Waals surface area (Å²) in [5.41, 5.74) is 0.915. The van der Waals surface area contributed by atoms with Crippen molar-refractivity contribution in [3.63, 3.8) is 0 Å². The fourth-order valence-electron chi connectivity index (χ4n) is 3.12. The molecule has 1 N–H and O–H groups in total. The molecular formula is C21H29NO6. The molecule has 7 nitrogen and oxygen atoms in total. The van der Waals surface area contributed by atoms with Crippen LogP contribution in [0.1, 0.15) is 32.8 Å². The van der Waals surface area contributed by atoms with Gasteiger partial charge in [0, 0.05) is 7.05 Å². The summed E-state index contributed by atoms with van der Waals surface area (Å²) in [4.78, 5) is 38.9. The summed E-state index contributed by atoms with van der Waals surface area (Å²) in [5, 5.41) is 10.7. The highest BCUT2D eigenvalue weighted by Crippen LogP contribution is 2.20. The van der Waals surface area contributed by atoms with Gasteiger partial charge in [-0.2, -0.15) is 0 Å². The molecule has 0 saturated carbocycles. The van der Waals surface area contributed by atoms with Gasteiger partial charge in [0.15, 0.2) is 6.10 Å². The van der Waals surface area contributed by atoms with Gasteiger partial charge in [-0.1, -0.05) is 44.2 Å². The standard InChI is InChI=1S/C21H29NO6/c1-13(2)19-20(25)22(4)16(10-15-8-6-5-7-9-15)17(23)11-18(24)27-12-14(3)21(26)28-19/h5-9,13-14,16-17,19,23H,10-12H2,1-4H3/t14-,16-,17+,19?/m0/s1. The van der Waals surface area contributed by atoms with Crippen molar-refractivity contribution >= 4 is 17.8 Å². The van der Waals surface area contributed by atoms with Gasteiger partial charge in [0.2, 0.25) is 0 Å². The molecule has 1 aromatic rings. The van der Waals surface area contributed by atoms with E-state index in [2.05, 4.69) is 0 Å². The number of ether oxygens (including phenoxy) is 2. The molecule has 2 rings (SSSR count). The SMILES string of the molecule is CC(C)C1OC(=O)[C@@H](C)COC(=O)C[C@@H](O)[C@H](Cc2ccccc2)N(C)C1=O. The molecule has 0 aliphatic carbocycles. The number of rotatable bonds is 3. The topological polar surface area (TPSA) is 93.1 Å². The van der Waals surface area contributed by atoms with Crippen LogP contribution in [0.15, 0.2) is 30.3 Å². The Balaban J connectivity index is 2.35. The lowest BCUT2D eigenvalue weighted by molar-refractivity contribution is -0.172. The number of cyclic esters (lactones) is 2. The van der Waals surface area contributed by atoms with Crippen molar-refractivity contribution in [2.24, 2.45) is 11.8 Å². The Labute approximate surface area is 165 Å². The van der Waals surface area contributed by atoms with Crippen molar-refractivity contribution in [1.29, 1.82) is 0 Å². The summed E-state index contributed by atoms with van der Waals surface area (Å²) in [6, 6.07) is 8.73. The van der Waals surface area contributed by atoms with E-state index in [0.29, 0.717) is 6.42 Å². The zero-order valence-electron chi connectivity index (χ0n) is 16.8. The minimum atomic E-state index is -1.11. The van der Waals surface area contributed by atoms with E-state index in [1.807, 2.05) is 30.3 Å². The highest BCUT2D eigenvalue weighted by molar-refractivity contribution is 5.85. The second kappa shape index (κ2) is 9.68. The smallest absolute Gasteiger partial charge is 0.312 e. The third kappa shape index (κ3) is 5.55. The number of hydrogen-bond acceptors (Lipinski definition) is 6. The summed E-state index contributed by atoms with van der Waals surface area (Å²) in [7, 11) is 1.56. The van der Waals surface area contributed by atoms with E-state index in [9.17, 15) is 19.5 Å². The molecule has 1 aliphatic rings. The summed E-state index contributed by atoms with van der Waals surface area (Å²) in [6.07, 6.45) is -1.99. The zero-order chi connectivity index (χ0) is 20.8. The molecular weight excluding hydrogens is 362 g/mol. The van der Waals surface area contributed by atoms with E-state index in [1.165, 1.54) is 4.90 Å². The number of esters is 2. The molecule has 1 fully saturated rings. The van der Waals surface area contributed by atoms with Gasteiger partial charge < -0.3 is 19.5 Å². The number of aliphatic hydroxyl groups is 1. The molecule has 0 aromatic heterocycles. The third-order valence-corrected chi connectivity index (χ3v) is 4.94. The third-order valence-electron chi connectivity index (χ3n) is 4.94.